The molecule has 18 heavy (non-hydrogen) atoms. The molecule has 0 aromatic heterocycles. The zero-order valence-electron chi connectivity index (χ0n) is 9.79. The number of aliphatic hydroxyl groups is 2. The fourth-order valence-electron chi connectivity index (χ4n) is 1.93. The maximum absolute atomic E-state index is 13.9. The molecular weight excluding hydrogens is 252 g/mol. The van der Waals surface area contributed by atoms with Crippen LogP contribution in [0, 0.1) is 5.92 Å². The van der Waals surface area contributed by atoms with E-state index >= 15 is 0 Å². The molecule has 1 aliphatic rings. The van der Waals surface area contributed by atoms with Gasteiger partial charge in [0.15, 0.2) is 6.17 Å². The summed E-state index contributed by atoms with van der Waals surface area (Å²) >= 11 is 0. The highest BCUT2D eigenvalue weighted by Gasteiger charge is 2.59. The minimum atomic E-state index is -3.52. The molecule has 8 heteroatoms. The molecule has 1 rings (SSSR count). The molecule has 0 spiro atoms. The second-order valence-electron chi connectivity index (χ2n) is 4.52. The topological polar surface area (TPSA) is 113 Å². The minimum Gasteiger partial charge on any atom is -0.477 e. The van der Waals surface area contributed by atoms with Gasteiger partial charge in [0.2, 0.25) is 0 Å². The van der Waals surface area contributed by atoms with E-state index in [2.05, 4.69) is 4.74 Å². The third-order valence-corrected chi connectivity index (χ3v) is 3.22. The number of carboxylic acids is 1. The van der Waals surface area contributed by atoms with Crippen LogP contribution < -0.4 is 5.73 Å². The van der Waals surface area contributed by atoms with Gasteiger partial charge in [-0.3, -0.25) is 0 Å². The van der Waals surface area contributed by atoms with Crippen LogP contribution in [0.5, 0.6) is 0 Å². The van der Waals surface area contributed by atoms with E-state index in [9.17, 15) is 18.7 Å². The van der Waals surface area contributed by atoms with Crippen molar-refractivity contribution in [2.45, 2.75) is 43.6 Å². The number of nitrogens with two attached hydrogens (primary N) is 1. The van der Waals surface area contributed by atoms with E-state index in [0.717, 1.165) is 0 Å². The molecule has 5 N–H and O–H groups in total. The standard InChI is InChI=1S/C10H17F2NO5/c1-4-6(2-5(15)3-14)18-10(12,9(16)17)8(11)7(4)13/h4-8,14-15H,2-3,13H2,1H3,(H,16,17)/t4?,5-,6?,7?,8?,10+/m0/s1. The van der Waals surface area contributed by atoms with Gasteiger partial charge in [-0.2, -0.15) is 4.39 Å². The molecule has 1 heterocycles. The maximum atomic E-state index is 13.9. The summed E-state index contributed by atoms with van der Waals surface area (Å²) in [6, 6.07) is -1.37. The highest BCUT2D eigenvalue weighted by Crippen LogP contribution is 2.37. The van der Waals surface area contributed by atoms with Crippen LogP contribution in [0.4, 0.5) is 8.78 Å². The first kappa shape index (κ1) is 15.2. The van der Waals surface area contributed by atoms with Crippen molar-refractivity contribution in [2.75, 3.05) is 6.61 Å². The molecule has 0 aliphatic carbocycles. The van der Waals surface area contributed by atoms with Crippen LogP contribution in [0.15, 0.2) is 0 Å². The summed E-state index contributed by atoms with van der Waals surface area (Å²) in [7, 11) is 0. The zero-order valence-corrected chi connectivity index (χ0v) is 9.79. The first-order valence-electron chi connectivity index (χ1n) is 5.52. The number of aliphatic carboxylic acids is 1. The number of alkyl halides is 2. The van der Waals surface area contributed by atoms with Gasteiger partial charge in [0, 0.05) is 18.4 Å². The Morgan fingerprint density at radius 3 is 2.61 bits per heavy atom. The van der Waals surface area contributed by atoms with Crippen LogP contribution >= 0.6 is 0 Å². The lowest BCUT2D eigenvalue weighted by atomic mass is 9.84. The average Bonchev–Trinajstić information content (AvgIpc) is 2.32. The van der Waals surface area contributed by atoms with E-state index in [1.807, 2.05) is 0 Å². The number of hydrogen-bond acceptors (Lipinski definition) is 5. The summed E-state index contributed by atoms with van der Waals surface area (Å²) in [5.41, 5.74) is 5.44. The van der Waals surface area contributed by atoms with Gasteiger partial charge >= 0.3 is 11.8 Å². The SMILES string of the molecule is CC1C(C[C@H](O)CO)O[C@@](F)(C(=O)O)C(F)C1N. The fraction of sp³-hybridized carbons (Fsp3) is 0.900. The molecule has 6 atom stereocenters. The van der Waals surface area contributed by atoms with Crippen LogP contribution in [0.25, 0.3) is 0 Å². The number of halogens is 2. The number of carbonyl (C=O) groups is 1. The van der Waals surface area contributed by atoms with E-state index in [-0.39, 0.29) is 6.42 Å². The van der Waals surface area contributed by atoms with E-state index in [0.29, 0.717) is 0 Å². The van der Waals surface area contributed by atoms with Gasteiger partial charge in [0.1, 0.15) is 0 Å². The fourth-order valence-corrected chi connectivity index (χ4v) is 1.93. The lowest BCUT2D eigenvalue weighted by Crippen LogP contribution is -2.64. The molecule has 0 aromatic carbocycles. The minimum absolute atomic E-state index is 0.225. The predicted molar refractivity (Wildman–Crippen MR) is 56.1 cm³/mol. The molecule has 106 valence electrons. The predicted octanol–water partition coefficient (Wildman–Crippen LogP) is -0.820. The number of rotatable bonds is 4. The van der Waals surface area contributed by atoms with E-state index in [1.54, 1.807) is 0 Å². The quantitative estimate of drug-likeness (QED) is 0.530. The van der Waals surface area contributed by atoms with Crippen molar-refractivity contribution in [3.63, 3.8) is 0 Å². The smallest absolute Gasteiger partial charge is 0.372 e. The van der Waals surface area contributed by atoms with Gasteiger partial charge in [-0.1, -0.05) is 6.92 Å². The first-order chi connectivity index (χ1) is 8.24. The van der Waals surface area contributed by atoms with Gasteiger partial charge < -0.3 is 25.8 Å². The molecular formula is C10H17F2NO5. The number of carboxylic acid groups (broad SMARTS) is 1. The van der Waals surface area contributed by atoms with Crippen LogP contribution in [-0.2, 0) is 9.53 Å². The summed E-state index contributed by atoms with van der Waals surface area (Å²) in [6.07, 6.45) is -5.02. The van der Waals surface area contributed by atoms with Crippen molar-refractivity contribution in [3.8, 4) is 0 Å². The monoisotopic (exact) mass is 269 g/mol. The van der Waals surface area contributed by atoms with E-state index < -0.39 is 48.8 Å². The van der Waals surface area contributed by atoms with Gasteiger partial charge in [0.25, 0.3) is 0 Å². The Labute approximate surface area is 102 Å². The average molecular weight is 269 g/mol. The third-order valence-electron chi connectivity index (χ3n) is 3.22. The van der Waals surface area contributed by atoms with Crippen molar-refractivity contribution in [3.05, 3.63) is 0 Å². The number of ether oxygens (including phenoxy) is 1. The molecule has 6 nitrogen and oxygen atoms in total. The van der Waals surface area contributed by atoms with Crippen LogP contribution in [0.2, 0.25) is 0 Å². The van der Waals surface area contributed by atoms with E-state index in [1.165, 1.54) is 6.92 Å². The summed E-state index contributed by atoms with van der Waals surface area (Å²) in [6.45, 7) is 0.876. The van der Waals surface area contributed by atoms with Gasteiger partial charge in [0.05, 0.1) is 18.8 Å². The Kier molecular flexibility index (Phi) is 4.60. The van der Waals surface area contributed by atoms with Gasteiger partial charge in [-0.05, 0) is 0 Å². The van der Waals surface area contributed by atoms with Crippen LogP contribution in [0.1, 0.15) is 13.3 Å². The first-order valence-corrected chi connectivity index (χ1v) is 5.52. The van der Waals surface area contributed by atoms with Crippen LogP contribution in [0.3, 0.4) is 0 Å². The Morgan fingerprint density at radius 1 is 1.61 bits per heavy atom. The largest absolute Gasteiger partial charge is 0.477 e. The highest BCUT2D eigenvalue weighted by molar-refractivity contribution is 5.76. The molecule has 0 aromatic rings. The molecule has 1 saturated heterocycles. The summed E-state index contributed by atoms with van der Waals surface area (Å²) < 4.78 is 32.1. The van der Waals surface area contributed by atoms with Crippen molar-refractivity contribution < 1.29 is 33.6 Å². The number of aliphatic hydroxyl groups excluding tert-OH is 2. The third kappa shape index (κ3) is 2.61. The summed E-state index contributed by atoms with van der Waals surface area (Å²) in [4.78, 5) is 10.7. The molecule has 4 unspecified atom stereocenters. The van der Waals surface area contributed by atoms with Crippen molar-refractivity contribution >= 4 is 5.97 Å². The molecule has 1 aliphatic heterocycles. The molecule has 0 radical (unpaired) electrons. The maximum Gasteiger partial charge on any atom is 0.372 e. The zero-order chi connectivity index (χ0) is 14.1. The van der Waals surface area contributed by atoms with E-state index in [4.69, 9.17) is 15.9 Å². The Balaban J connectivity index is 2.91. The normalized spacial score (nSPS) is 42.6. The van der Waals surface area contributed by atoms with Gasteiger partial charge in [-0.25, -0.2) is 9.18 Å². The Hall–Kier alpha value is -0.830. The Morgan fingerprint density at radius 2 is 2.17 bits per heavy atom. The van der Waals surface area contributed by atoms with Crippen molar-refractivity contribution in [1.29, 1.82) is 0 Å². The summed E-state index contributed by atoms with van der Waals surface area (Å²) in [5, 5.41) is 26.6. The second kappa shape index (κ2) is 5.43. The highest BCUT2D eigenvalue weighted by atomic mass is 19.2. The lowest BCUT2D eigenvalue weighted by Gasteiger charge is -2.43. The Bertz CT molecular complexity index is 319. The second-order valence-corrected chi connectivity index (χ2v) is 4.52. The lowest BCUT2D eigenvalue weighted by molar-refractivity contribution is -0.265. The number of hydrogen-bond donors (Lipinski definition) is 4. The molecule has 0 bridgehead atoms. The van der Waals surface area contributed by atoms with Crippen molar-refractivity contribution in [2.24, 2.45) is 11.7 Å². The summed E-state index contributed by atoms with van der Waals surface area (Å²) in [5.74, 6) is -6.31. The molecule has 0 saturated carbocycles. The molecule has 0 amide bonds. The molecule has 1 fully saturated rings. The van der Waals surface area contributed by atoms with Crippen LogP contribution in [-0.4, -0.2) is 58.2 Å². The van der Waals surface area contributed by atoms with Gasteiger partial charge in [-0.15, -0.1) is 0 Å². The van der Waals surface area contributed by atoms with Crippen molar-refractivity contribution in [1.82, 2.24) is 0 Å².